The van der Waals surface area contributed by atoms with Crippen LogP contribution < -0.4 is 16.7 Å². The summed E-state index contributed by atoms with van der Waals surface area (Å²) in [5.74, 6) is -1.27. The van der Waals surface area contributed by atoms with Gasteiger partial charge in [-0.25, -0.2) is 14.2 Å². The van der Waals surface area contributed by atoms with Crippen LogP contribution in [0, 0.1) is 18.8 Å². The maximum Gasteiger partial charge on any atom is 0.354 e. The van der Waals surface area contributed by atoms with E-state index in [-0.39, 0.29) is 37.2 Å². The molecular formula is C27H31ClN4O5. The number of nitrogens with zero attached hydrogens (tertiary/aromatic N) is 3. The molecule has 0 bridgehead atoms. The first-order valence-corrected chi connectivity index (χ1v) is 12.3. The molecule has 0 saturated carbocycles. The van der Waals surface area contributed by atoms with Gasteiger partial charge < -0.3 is 10.1 Å². The summed E-state index contributed by atoms with van der Waals surface area (Å²) in [7, 11) is 1.25. The number of carbonyl (C=O) groups excluding carboxylic acids is 2. The Bertz CT molecular complexity index is 1410. The predicted octanol–water partition coefficient (Wildman–Crippen LogP) is 3.74. The van der Waals surface area contributed by atoms with E-state index in [1.165, 1.54) is 11.7 Å². The molecule has 1 N–H and O–H groups in total. The minimum Gasteiger partial charge on any atom is -0.469 e. The number of esters is 1. The number of halogens is 1. The van der Waals surface area contributed by atoms with Gasteiger partial charge in [0.1, 0.15) is 5.78 Å². The molecule has 0 aliphatic carbocycles. The van der Waals surface area contributed by atoms with E-state index >= 15 is 0 Å². The average Bonchev–Trinajstić information content (AvgIpc) is 2.86. The Morgan fingerprint density at radius 2 is 1.73 bits per heavy atom. The fraction of sp³-hybridized carbons (Fsp3) is 0.370. The van der Waals surface area contributed by atoms with E-state index in [9.17, 15) is 19.2 Å². The van der Waals surface area contributed by atoms with Crippen LogP contribution in [-0.2, 0) is 33.8 Å². The summed E-state index contributed by atoms with van der Waals surface area (Å²) < 4.78 is 6.99. The van der Waals surface area contributed by atoms with Crippen molar-refractivity contribution in [3.05, 3.63) is 85.1 Å². The Balaban J connectivity index is 2.02. The van der Waals surface area contributed by atoms with E-state index < -0.39 is 23.3 Å². The SMILES string of the molecule is COC(=O)[C@@H](C)Cn1c(=O)nc(Nc2ccc(CC(=O)C(C)C)c(Cl)c2)n(Cc2ccc(C)cc2)c1=O. The second kappa shape index (κ2) is 12.0. The molecule has 2 aromatic carbocycles. The van der Waals surface area contributed by atoms with Crippen molar-refractivity contribution in [2.45, 2.75) is 47.2 Å². The van der Waals surface area contributed by atoms with E-state index in [2.05, 4.69) is 10.3 Å². The maximum atomic E-state index is 13.5. The first-order valence-electron chi connectivity index (χ1n) is 11.9. The Hall–Kier alpha value is -3.72. The molecular weight excluding hydrogens is 496 g/mol. The zero-order chi connectivity index (χ0) is 27.3. The van der Waals surface area contributed by atoms with E-state index in [4.69, 9.17) is 16.3 Å². The number of rotatable bonds is 10. The van der Waals surface area contributed by atoms with Crippen LogP contribution in [-0.4, -0.2) is 33.0 Å². The third kappa shape index (κ3) is 6.95. The summed E-state index contributed by atoms with van der Waals surface area (Å²) in [6, 6.07) is 12.7. The van der Waals surface area contributed by atoms with E-state index in [1.54, 1.807) is 25.1 Å². The molecule has 0 spiro atoms. The highest BCUT2D eigenvalue weighted by molar-refractivity contribution is 6.31. The molecule has 0 radical (unpaired) electrons. The molecule has 0 unspecified atom stereocenters. The first-order chi connectivity index (χ1) is 17.5. The fourth-order valence-electron chi connectivity index (χ4n) is 3.64. The molecule has 0 aliphatic heterocycles. The summed E-state index contributed by atoms with van der Waals surface area (Å²) in [6.45, 7) is 7.16. The Labute approximate surface area is 220 Å². The quantitative estimate of drug-likeness (QED) is 0.400. The number of hydrogen-bond donors (Lipinski definition) is 1. The number of ketones is 1. The number of anilines is 2. The van der Waals surface area contributed by atoms with Gasteiger partial charge in [0, 0.05) is 29.6 Å². The summed E-state index contributed by atoms with van der Waals surface area (Å²) in [6.07, 6.45) is 0.210. The van der Waals surface area contributed by atoms with Crippen LogP contribution in [0.4, 0.5) is 11.6 Å². The van der Waals surface area contributed by atoms with Gasteiger partial charge >= 0.3 is 17.3 Å². The molecule has 3 rings (SSSR count). The van der Waals surface area contributed by atoms with Crippen LogP contribution in [0.1, 0.15) is 37.5 Å². The van der Waals surface area contributed by atoms with Crippen molar-refractivity contribution in [3.63, 3.8) is 0 Å². The Morgan fingerprint density at radius 1 is 1.05 bits per heavy atom. The molecule has 37 heavy (non-hydrogen) atoms. The van der Waals surface area contributed by atoms with Gasteiger partial charge in [-0.15, -0.1) is 0 Å². The van der Waals surface area contributed by atoms with Crippen LogP contribution in [0.15, 0.2) is 52.1 Å². The van der Waals surface area contributed by atoms with Crippen LogP contribution in [0.2, 0.25) is 5.02 Å². The molecule has 0 saturated heterocycles. The highest BCUT2D eigenvalue weighted by Gasteiger charge is 2.20. The van der Waals surface area contributed by atoms with Crippen molar-refractivity contribution < 1.29 is 14.3 Å². The Morgan fingerprint density at radius 3 is 2.32 bits per heavy atom. The number of ether oxygens (including phenoxy) is 1. The van der Waals surface area contributed by atoms with Crippen LogP contribution in [0.5, 0.6) is 0 Å². The van der Waals surface area contributed by atoms with Crippen LogP contribution >= 0.6 is 11.6 Å². The molecule has 0 aliphatic rings. The third-order valence-corrected chi connectivity index (χ3v) is 6.34. The monoisotopic (exact) mass is 526 g/mol. The first kappa shape index (κ1) is 27.9. The number of aromatic nitrogens is 3. The lowest BCUT2D eigenvalue weighted by Gasteiger charge is -2.17. The van der Waals surface area contributed by atoms with Crippen molar-refractivity contribution in [2.24, 2.45) is 11.8 Å². The molecule has 3 aromatic rings. The van der Waals surface area contributed by atoms with Gasteiger partial charge in [0.05, 0.1) is 19.6 Å². The number of aryl methyl sites for hydroxylation is 1. The number of hydrogen-bond acceptors (Lipinski definition) is 7. The average molecular weight is 527 g/mol. The van der Waals surface area contributed by atoms with E-state index in [0.717, 1.165) is 15.7 Å². The minimum atomic E-state index is -0.798. The number of carbonyl (C=O) groups is 2. The molecule has 0 fully saturated rings. The highest BCUT2D eigenvalue weighted by Crippen LogP contribution is 2.24. The number of benzene rings is 2. The van der Waals surface area contributed by atoms with Crippen LogP contribution in [0.25, 0.3) is 0 Å². The lowest BCUT2D eigenvalue weighted by atomic mass is 10.0. The second-order valence-corrected chi connectivity index (χ2v) is 9.74. The molecule has 0 amide bonds. The van der Waals surface area contributed by atoms with Crippen molar-refractivity contribution in [1.29, 1.82) is 0 Å². The Kier molecular flexibility index (Phi) is 9.04. The van der Waals surface area contributed by atoms with Crippen molar-refractivity contribution in [1.82, 2.24) is 14.1 Å². The molecule has 9 nitrogen and oxygen atoms in total. The summed E-state index contributed by atoms with van der Waals surface area (Å²) >= 11 is 6.43. The van der Waals surface area contributed by atoms with Gasteiger partial charge in [0.25, 0.3) is 0 Å². The van der Waals surface area contributed by atoms with Gasteiger partial charge in [-0.3, -0.25) is 14.2 Å². The number of nitrogens with one attached hydrogen (secondary N) is 1. The predicted molar refractivity (Wildman–Crippen MR) is 143 cm³/mol. The largest absolute Gasteiger partial charge is 0.469 e. The lowest BCUT2D eigenvalue weighted by molar-refractivity contribution is -0.145. The standard InChI is InChI=1S/C27H31ClN4O5/c1-16(2)23(33)12-20-10-11-21(13-22(20)28)29-25-30-26(35)32(14-18(4)24(34)37-5)27(36)31(25)15-19-8-6-17(3)7-9-19/h6-11,13,16,18H,12,14-15H2,1-5H3,(H,29,30,35)/t18-/m0/s1. The van der Waals surface area contributed by atoms with E-state index in [1.807, 2.05) is 45.0 Å². The summed E-state index contributed by atoms with van der Waals surface area (Å²) in [5, 5.41) is 3.40. The van der Waals surface area contributed by atoms with Gasteiger partial charge in [-0.1, -0.05) is 68.3 Å². The zero-order valence-electron chi connectivity index (χ0n) is 21.6. The molecule has 1 atom stereocenters. The molecule has 196 valence electrons. The van der Waals surface area contributed by atoms with E-state index in [0.29, 0.717) is 16.3 Å². The second-order valence-electron chi connectivity index (χ2n) is 9.34. The summed E-state index contributed by atoms with van der Waals surface area (Å²) in [4.78, 5) is 54.4. The molecule has 1 aromatic heterocycles. The van der Waals surface area contributed by atoms with Gasteiger partial charge in [-0.2, -0.15) is 4.98 Å². The van der Waals surface area contributed by atoms with Crippen molar-refractivity contribution in [2.75, 3.05) is 12.4 Å². The van der Waals surface area contributed by atoms with Gasteiger partial charge in [0.15, 0.2) is 0 Å². The lowest BCUT2D eigenvalue weighted by Crippen LogP contribution is -2.44. The molecule has 1 heterocycles. The topological polar surface area (TPSA) is 112 Å². The smallest absolute Gasteiger partial charge is 0.354 e. The van der Waals surface area contributed by atoms with Crippen LogP contribution in [0.3, 0.4) is 0 Å². The number of Topliss-reactive ketones (excluding diaryl/α,β-unsaturated/α-hetero) is 1. The maximum absolute atomic E-state index is 13.5. The normalized spacial score (nSPS) is 11.9. The minimum absolute atomic E-state index is 0.0274. The van der Waals surface area contributed by atoms with Crippen molar-refractivity contribution in [3.8, 4) is 0 Å². The zero-order valence-corrected chi connectivity index (χ0v) is 22.3. The fourth-order valence-corrected chi connectivity index (χ4v) is 3.89. The third-order valence-electron chi connectivity index (χ3n) is 5.99. The van der Waals surface area contributed by atoms with Gasteiger partial charge in [-0.05, 0) is 30.2 Å². The molecule has 10 heteroatoms. The van der Waals surface area contributed by atoms with Gasteiger partial charge in [0.2, 0.25) is 5.95 Å². The number of methoxy groups -OCH3 is 1. The summed E-state index contributed by atoms with van der Waals surface area (Å²) in [5.41, 5.74) is 1.65. The highest BCUT2D eigenvalue weighted by atomic mass is 35.5. The van der Waals surface area contributed by atoms with Crippen molar-refractivity contribution >= 4 is 35.0 Å².